The SMILES string of the molecule is N#Cc1ccc(O)c(C(=O)NC(=N)N)c1-c1ccccc1F. The van der Waals surface area contributed by atoms with E-state index in [4.69, 9.17) is 11.1 Å². The number of nitrogens with zero attached hydrogens (tertiary/aromatic N) is 1. The second kappa shape index (κ2) is 5.93. The molecule has 7 heteroatoms. The number of carbonyl (C=O) groups is 1. The molecule has 0 heterocycles. The van der Waals surface area contributed by atoms with Gasteiger partial charge in [-0.25, -0.2) is 4.39 Å². The minimum Gasteiger partial charge on any atom is -0.507 e. The van der Waals surface area contributed by atoms with Crippen molar-refractivity contribution >= 4 is 11.9 Å². The fraction of sp³-hybridized carbons (Fsp3) is 0. The van der Waals surface area contributed by atoms with Gasteiger partial charge >= 0.3 is 0 Å². The highest BCUT2D eigenvalue weighted by atomic mass is 19.1. The standard InChI is InChI=1S/C15H11FN4O2/c16-10-4-2-1-3-9(10)12-8(7-17)5-6-11(21)13(12)14(22)20-15(18)19/h1-6,21H,(H4,18,19,20,22). The van der Waals surface area contributed by atoms with Crippen molar-refractivity contribution in [3.8, 4) is 22.9 Å². The zero-order chi connectivity index (χ0) is 16.3. The number of amides is 1. The number of aromatic hydroxyl groups is 1. The molecule has 0 unspecified atom stereocenters. The van der Waals surface area contributed by atoms with Gasteiger partial charge < -0.3 is 10.8 Å². The van der Waals surface area contributed by atoms with E-state index in [1.807, 2.05) is 11.4 Å². The maximum Gasteiger partial charge on any atom is 0.262 e. The molecule has 0 saturated heterocycles. The summed E-state index contributed by atoms with van der Waals surface area (Å²) in [6.45, 7) is 0. The van der Waals surface area contributed by atoms with E-state index in [2.05, 4.69) is 0 Å². The van der Waals surface area contributed by atoms with E-state index < -0.39 is 23.4 Å². The van der Waals surface area contributed by atoms with Crippen LogP contribution >= 0.6 is 0 Å². The van der Waals surface area contributed by atoms with E-state index in [0.717, 1.165) is 6.07 Å². The zero-order valence-corrected chi connectivity index (χ0v) is 11.2. The second-order valence-electron chi connectivity index (χ2n) is 4.34. The molecular formula is C15H11FN4O2. The number of phenolic OH excluding ortho intramolecular Hbond substituents is 1. The number of guanidine groups is 1. The molecule has 110 valence electrons. The van der Waals surface area contributed by atoms with E-state index in [1.165, 1.54) is 30.3 Å². The van der Waals surface area contributed by atoms with Crippen LogP contribution in [0.15, 0.2) is 36.4 Å². The zero-order valence-electron chi connectivity index (χ0n) is 11.2. The van der Waals surface area contributed by atoms with Gasteiger partial charge in [0.2, 0.25) is 0 Å². The Labute approximate surface area is 125 Å². The third kappa shape index (κ3) is 2.71. The summed E-state index contributed by atoms with van der Waals surface area (Å²) in [6, 6.07) is 9.84. The number of hydrogen-bond donors (Lipinski definition) is 4. The van der Waals surface area contributed by atoms with Crippen LogP contribution in [-0.2, 0) is 0 Å². The summed E-state index contributed by atoms with van der Waals surface area (Å²) in [4.78, 5) is 12.1. The number of hydrogen-bond acceptors (Lipinski definition) is 4. The van der Waals surface area contributed by atoms with Gasteiger partial charge in [0, 0.05) is 11.1 Å². The predicted molar refractivity (Wildman–Crippen MR) is 77.6 cm³/mol. The average Bonchev–Trinajstić information content (AvgIpc) is 2.46. The molecule has 5 N–H and O–H groups in total. The van der Waals surface area contributed by atoms with Crippen molar-refractivity contribution in [2.24, 2.45) is 5.73 Å². The molecule has 1 amide bonds. The molecule has 0 spiro atoms. The molecule has 0 aliphatic heterocycles. The smallest absolute Gasteiger partial charge is 0.262 e. The summed E-state index contributed by atoms with van der Waals surface area (Å²) in [5, 5.41) is 28.2. The predicted octanol–water partition coefficient (Wildman–Crippen LogP) is 1.69. The quantitative estimate of drug-likeness (QED) is 0.497. The van der Waals surface area contributed by atoms with Crippen molar-refractivity contribution in [2.75, 3.05) is 0 Å². The van der Waals surface area contributed by atoms with Crippen LogP contribution in [-0.4, -0.2) is 17.0 Å². The number of nitriles is 1. The van der Waals surface area contributed by atoms with E-state index in [-0.39, 0.29) is 22.3 Å². The van der Waals surface area contributed by atoms with Gasteiger partial charge in [-0.2, -0.15) is 5.26 Å². The topological polar surface area (TPSA) is 123 Å². The Morgan fingerprint density at radius 3 is 2.59 bits per heavy atom. The summed E-state index contributed by atoms with van der Waals surface area (Å²) in [7, 11) is 0. The van der Waals surface area contributed by atoms with Gasteiger partial charge in [0.15, 0.2) is 5.96 Å². The molecule has 6 nitrogen and oxygen atoms in total. The first-order valence-corrected chi connectivity index (χ1v) is 6.12. The van der Waals surface area contributed by atoms with Crippen LogP contribution in [0.4, 0.5) is 4.39 Å². The summed E-state index contributed by atoms with van der Waals surface area (Å²) in [5.41, 5.74) is 4.72. The molecule has 0 aliphatic carbocycles. The van der Waals surface area contributed by atoms with E-state index in [9.17, 15) is 19.6 Å². The number of carbonyl (C=O) groups excluding carboxylic acids is 1. The molecule has 0 saturated carbocycles. The normalized spacial score (nSPS) is 9.82. The van der Waals surface area contributed by atoms with Crippen molar-refractivity contribution in [1.82, 2.24) is 5.32 Å². The molecular weight excluding hydrogens is 287 g/mol. The van der Waals surface area contributed by atoms with Gasteiger partial charge in [-0.1, -0.05) is 18.2 Å². The van der Waals surface area contributed by atoms with E-state index >= 15 is 0 Å². The van der Waals surface area contributed by atoms with Gasteiger partial charge in [0.05, 0.1) is 17.2 Å². The Balaban J connectivity index is 2.78. The Bertz CT molecular complexity index is 812. The van der Waals surface area contributed by atoms with Crippen LogP contribution in [0.1, 0.15) is 15.9 Å². The van der Waals surface area contributed by atoms with Crippen molar-refractivity contribution in [1.29, 1.82) is 10.7 Å². The summed E-state index contributed by atoms with van der Waals surface area (Å²) >= 11 is 0. The van der Waals surface area contributed by atoms with Crippen molar-refractivity contribution in [3.63, 3.8) is 0 Å². The molecule has 0 radical (unpaired) electrons. The van der Waals surface area contributed by atoms with Gasteiger partial charge in [0.1, 0.15) is 11.6 Å². The number of rotatable bonds is 2. The third-order valence-corrected chi connectivity index (χ3v) is 2.92. The van der Waals surface area contributed by atoms with Crippen LogP contribution in [0.3, 0.4) is 0 Å². The van der Waals surface area contributed by atoms with Gasteiger partial charge in [-0.05, 0) is 18.2 Å². The van der Waals surface area contributed by atoms with Gasteiger partial charge in [-0.3, -0.25) is 15.5 Å². The number of benzene rings is 2. The van der Waals surface area contributed by atoms with Gasteiger partial charge in [-0.15, -0.1) is 0 Å². The van der Waals surface area contributed by atoms with Crippen LogP contribution < -0.4 is 11.1 Å². The monoisotopic (exact) mass is 298 g/mol. The van der Waals surface area contributed by atoms with Gasteiger partial charge in [0.25, 0.3) is 5.91 Å². The highest BCUT2D eigenvalue weighted by Crippen LogP contribution is 2.34. The summed E-state index contributed by atoms with van der Waals surface area (Å²) in [6.07, 6.45) is 0. The van der Waals surface area contributed by atoms with Crippen LogP contribution in [0, 0.1) is 22.6 Å². The molecule has 0 aromatic heterocycles. The Morgan fingerprint density at radius 1 is 1.32 bits per heavy atom. The first-order chi connectivity index (χ1) is 10.5. The highest BCUT2D eigenvalue weighted by Gasteiger charge is 2.23. The fourth-order valence-electron chi connectivity index (χ4n) is 2.04. The molecule has 2 aromatic carbocycles. The third-order valence-electron chi connectivity index (χ3n) is 2.92. The van der Waals surface area contributed by atoms with Crippen molar-refractivity contribution < 1.29 is 14.3 Å². The molecule has 22 heavy (non-hydrogen) atoms. The molecule has 0 aliphatic rings. The van der Waals surface area contributed by atoms with Crippen molar-refractivity contribution in [3.05, 3.63) is 53.3 Å². The Hall–Kier alpha value is -3.40. The first-order valence-electron chi connectivity index (χ1n) is 6.12. The Kier molecular flexibility index (Phi) is 4.04. The lowest BCUT2D eigenvalue weighted by molar-refractivity contribution is 0.0974. The summed E-state index contributed by atoms with van der Waals surface area (Å²) < 4.78 is 14.0. The number of halogens is 1. The number of nitrogens with two attached hydrogens (primary N) is 1. The summed E-state index contributed by atoms with van der Waals surface area (Å²) in [5.74, 6) is -2.64. The largest absolute Gasteiger partial charge is 0.507 e. The number of phenols is 1. The van der Waals surface area contributed by atoms with Crippen LogP contribution in [0.2, 0.25) is 0 Å². The van der Waals surface area contributed by atoms with Crippen LogP contribution in [0.25, 0.3) is 11.1 Å². The first kappa shape index (κ1) is 15.0. The van der Waals surface area contributed by atoms with E-state index in [0.29, 0.717) is 0 Å². The molecule has 2 rings (SSSR count). The van der Waals surface area contributed by atoms with Crippen molar-refractivity contribution in [2.45, 2.75) is 0 Å². The Morgan fingerprint density at radius 2 is 2.00 bits per heavy atom. The molecule has 0 atom stereocenters. The lowest BCUT2D eigenvalue weighted by Crippen LogP contribution is -2.36. The second-order valence-corrected chi connectivity index (χ2v) is 4.34. The van der Waals surface area contributed by atoms with E-state index in [1.54, 1.807) is 0 Å². The average molecular weight is 298 g/mol. The highest BCUT2D eigenvalue weighted by molar-refractivity contribution is 6.10. The minimum absolute atomic E-state index is 0.0105. The molecule has 0 fully saturated rings. The minimum atomic E-state index is -0.902. The maximum atomic E-state index is 14.0. The maximum absolute atomic E-state index is 14.0. The lowest BCUT2D eigenvalue weighted by Gasteiger charge is -2.13. The fourth-order valence-corrected chi connectivity index (χ4v) is 2.04. The molecule has 2 aromatic rings. The number of nitrogens with one attached hydrogen (secondary N) is 2. The van der Waals surface area contributed by atoms with Crippen LogP contribution in [0.5, 0.6) is 5.75 Å². The lowest BCUT2D eigenvalue weighted by atomic mass is 9.93. The molecule has 0 bridgehead atoms.